The van der Waals surface area contributed by atoms with Crippen LogP contribution in [0.3, 0.4) is 0 Å². The number of hydrogen-bond acceptors (Lipinski definition) is 4. The molecule has 1 aliphatic rings. The zero-order valence-corrected chi connectivity index (χ0v) is 11.3. The van der Waals surface area contributed by atoms with Crippen LogP contribution in [0.1, 0.15) is 23.2 Å². The van der Waals surface area contributed by atoms with Gasteiger partial charge in [-0.25, -0.2) is 4.79 Å². The summed E-state index contributed by atoms with van der Waals surface area (Å²) >= 11 is 0. The van der Waals surface area contributed by atoms with Crippen molar-refractivity contribution in [1.82, 2.24) is 5.32 Å². The Kier molecular flexibility index (Phi) is 4.54. The van der Waals surface area contributed by atoms with E-state index in [1.807, 2.05) is 0 Å². The van der Waals surface area contributed by atoms with Crippen molar-refractivity contribution in [3.8, 4) is 0 Å². The van der Waals surface area contributed by atoms with Crippen molar-refractivity contribution in [1.29, 1.82) is 0 Å². The van der Waals surface area contributed by atoms with Crippen LogP contribution in [0.5, 0.6) is 0 Å². The quantitative estimate of drug-likeness (QED) is 0.707. The normalized spacial score (nSPS) is 17.4. The number of carbonyl (C=O) groups excluding carboxylic acids is 2. The Morgan fingerprint density at radius 1 is 1.29 bits per heavy atom. The molecular formula is C14H16N2O5. The Bertz CT molecular complexity index is 555. The fourth-order valence-corrected chi connectivity index (χ4v) is 2.24. The van der Waals surface area contributed by atoms with Crippen molar-refractivity contribution in [2.45, 2.75) is 18.9 Å². The molecule has 0 aliphatic carbocycles. The smallest absolute Gasteiger partial charge is 0.335 e. The van der Waals surface area contributed by atoms with Crippen molar-refractivity contribution in [3.05, 3.63) is 29.8 Å². The van der Waals surface area contributed by atoms with Crippen molar-refractivity contribution < 1.29 is 24.6 Å². The van der Waals surface area contributed by atoms with E-state index in [0.29, 0.717) is 18.5 Å². The number of carboxylic acids is 1. The zero-order chi connectivity index (χ0) is 15.4. The summed E-state index contributed by atoms with van der Waals surface area (Å²) in [5.41, 5.74) is 0.601. The molecule has 112 valence electrons. The van der Waals surface area contributed by atoms with Crippen molar-refractivity contribution in [2.24, 2.45) is 0 Å². The molecular weight excluding hydrogens is 276 g/mol. The van der Waals surface area contributed by atoms with Gasteiger partial charge in [-0.05, 0) is 30.7 Å². The van der Waals surface area contributed by atoms with Gasteiger partial charge in [-0.15, -0.1) is 0 Å². The number of carboxylic acid groups (broad SMARTS) is 1. The standard InChI is InChI=1S/C14H16N2O5/c17-8-7-16(13(19)11-5-6-12(18)15-11)10-3-1-9(2-4-10)14(20)21/h1-4,11,17H,5-8H2,(H,15,18)(H,20,21). The van der Waals surface area contributed by atoms with Crippen LogP contribution >= 0.6 is 0 Å². The molecule has 2 amide bonds. The summed E-state index contributed by atoms with van der Waals surface area (Å²) in [6, 6.07) is 5.20. The molecule has 0 spiro atoms. The second-order valence-electron chi connectivity index (χ2n) is 4.72. The number of aliphatic hydroxyl groups excluding tert-OH is 1. The number of aromatic carboxylic acids is 1. The van der Waals surface area contributed by atoms with Crippen molar-refractivity contribution in [2.75, 3.05) is 18.1 Å². The average molecular weight is 292 g/mol. The highest BCUT2D eigenvalue weighted by atomic mass is 16.4. The molecule has 1 heterocycles. The third kappa shape index (κ3) is 3.38. The van der Waals surface area contributed by atoms with E-state index in [2.05, 4.69) is 5.32 Å². The maximum absolute atomic E-state index is 12.4. The second-order valence-corrected chi connectivity index (χ2v) is 4.72. The highest BCUT2D eigenvalue weighted by Crippen LogP contribution is 2.19. The molecule has 1 aromatic rings. The minimum absolute atomic E-state index is 0.0810. The number of nitrogens with zero attached hydrogens (tertiary/aromatic N) is 1. The van der Waals surface area contributed by atoms with Gasteiger partial charge in [0.2, 0.25) is 11.8 Å². The van der Waals surface area contributed by atoms with Gasteiger partial charge >= 0.3 is 5.97 Å². The average Bonchev–Trinajstić information content (AvgIpc) is 2.91. The van der Waals surface area contributed by atoms with Crippen LogP contribution in [0.4, 0.5) is 5.69 Å². The lowest BCUT2D eigenvalue weighted by Crippen LogP contribution is -2.45. The molecule has 0 radical (unpaired) electrons. The van der Waals surface area contributed by atoms with E-state index in [-0.39, 0.29) is 30.5 Å². The molecule has 1 saturated heterocycles. The van der Waals surface area contributed by atoms with Gasteiger partial charge in [0.15, 0.2) is 0 Å². The molecule has 2 rings (SSSR count). The molecule has 1 fully saturated rings. The predicted octanol–water partition coefficient (Wildman–Crippen LogP) is -0.0113. The molecule has 21 heavy (non-hydrogen) atoms. The zero-order valence-electron chi connectivity index (χ0n) is 11.3. The summed E-state index contributed by atoms with van der Waals surface area (Å²) in [6.07, 6.45) is 0.730. The lowest BCUT2D eigenvalue weighted by Gasteiger charge is -2.25. The first-order valence-corrected chi connectivity index (χ1v) is 6.58. The summed E-state index contributed by atoms with van der Waals surface area (Å²) in [5.74, 6) is -1.53. The fraction of sp³-hybridized carbons (Fsp3) is 0.357. The van der Waals surface area contributed by atoms with Crippen molar-refractivity contribution in [3.63, 3.8) is 0 Å². The third-order valence-corrected chi connectivity index (χ3v) is 3.31. The van der Waals surface area contributed by atoms with Gasteiger partial charge in [0.1, 0.15) is 6.04 Å². The molecule has 0 bridgehead atoms. The number of aliphatic hydroxyl groups is 1. The van der Waals surface area contributed by atoms with E-state index in [9.17, 15) is 14.4 Å². The topological polar surface area (TPSA) is 107 Å². The maximum atomic E-state index is 12.4. The van der Waals surface area contributed by atoms with Gasteiger partial charge in [-0.3, -0.25) is 9.59 Å². The Labute approximate surface area is 121 Å². The number of nitrogens with one attached hydrogen (secondary N) is 1. The Balaban J connectivity index is 2.19. The Morgan fingerprint density at radius 3 is 2.43 bits per heavy atom. The van der Waals surface area contributed by atoms with Crippen LogP contribution in [-0.4, -0.2) is 47.2 Å². The number of hydrogen-bond donors (Lipinski definition) is 3. The van der Waals surface area contributed by atoms with Crippen molar-refractivity contribution >= 4 is 23.5 Å². The number of benzene rings is 1. The minimum Gasteiger partial charge on any atom is -0.478 e. The summed E-state index contributed by atoms with van der Waals surface area (Å²) in [4.78, 5) is 35.8. The molecule has 1 aromatic carbocycles. The van der Waals surface area contributed by atoms with Gasteiger partial charge in [0, 0.05) is 18.7 Å². The summed E-state index contributed by atoms with van der Waals surface area (Å²) in [7, 11) is 0. The lowest BCUT2D eigenvalue weighted by molar-refractivity contribution is -0.124. The first-order valence-electron chi connectivity index (χ1n) is 6.58. The van der Waals surface area contributed by atoms with Gasteiger partial charge < -0.3 is 20.4 Å². The van der Waals surface area contributed by atoms with E-state index >= 15 is 0 Å². The minimum atomic E-state index is -1.05. The Morgan fingerprint density at radius 2 is 1.95 bits per heavy atom. The van der Waals surface area contributed by atoms with Crippen LogP contribution in [0.15, 0.2) is 24.3 Å². The number of carbonyl (C=O) groups is 3. The lowest BCUT2D eigenvalue weighted by atomic mass is 10.1. The second kappa shape index (κ2) is 6.36. The van der Waals surface area contributed by atoms with Crippen LogP contribution < -0.4 is 10.2 Å². The molecule has 0 saturated carbocycles. The number of amides is 2. The molecule has 1 aliphatic heterocycles. The summed E-state index contributed by atoms with van der Waals surface area (Å²) < 4.78 is 0. The number of anilines is 1. The van der Waals surface area contributed by atoms with Gasteiger partial charge in [-0.1, -0.05) is 0 Å². The van der Waals surface area contributed by atoms with E-state index < -0.39 is 12.0 Å². The molecule has 7 heteroatoms. The van der Waals surface area contributed by atoms with E-state index in [0.717, 1.165) is 0 Å². The first-order chi connectivity index (χ1) is 10.0. The molecule has 1 atom stereocenters. The highest BCUT2D eigenvalue weighted by Gasteiger charge is 2.31. The summed E-state index contributed by atoms with van der Waals surface area (Å²) in [5, 5.41) is 20.6. The third-order valence-electron chi connectivity index (χ3n) is 3.31. The van der Waals surface area contributed by atoms with Gasteiger partial charge in [0.05, 0.1) is 12.2 Å². The molecule has 3 N–H and O–H groups in total. The molecule has 0 aromatic heterocycles. The van der Waals surface area contributed by atoms with Crippen LogP contribution in [-0.2, 0) is 9.59 Å². The fourth-order valence-electron chi connectivity index (χ4n) is 2.24. The first kappa shape index (κ1) is 15.0. The van der Waals surface area contributed by atoms with E-state index in [1.165, 1.54) is 29.2 Å². The summed E-state index contributed by atoms with van der Waals surface area (Å²) in [6.45, 7) is -0.148. The van der Waals surface area contributed by atoms with Gasteiger partial charge in [0.25, 0.3) is 0 Å². The van der Waals surface area contributed by atoms with E-state index in [4.69, 9.17) is 10.2 Å². The van der Waals surface area contributed by atoms with Crippen LogP contribution in [0.2, 0.25) is 0 Å². The van der Waals surface area contributed by atoms with Crippen LogP contribution in [0.25, 0.3) is 0 Å². The largest absolute Gasteiger partial charge is 0.478 e. The maximum Gasteiger partial charge on any atom is 0.335 e. The number of rotatable bonds is 5. The van der Waals surface area contributed by atoms with Crippen LogP contribution in [0, 0.1) is 0 Å². The highest BCUT2D eigenvalue weighted by molar-refractivity contribution is 6.01. The molecule has 1 unspecified atom stereocenters. The molecule has 7 nitrogen and oxygen atoms in total. The predicted molar refractivity (Wildman–Crippen MR) is 74.0 cm³/mol. The Hall–Kier alpha value is -2.41. The SMILES string of the molecule is O=C1CCC(C(=O)N(CCO)c2ccc(C(=O)O)cc2)N1. The van der Waals surface area contributed by atoms with Gasteiger partial charge in [-0.2, -0.15) is 0 Å². The van der Waals surface area contributed by atoms with E-state index in [1.54, 1.807) is 0 Å². The monoisotopic (exact) mass is 292 g/mol.